The molecule has 0 saturated heterocycles. The van der Waals surface area contributed by atoms with E-state index in [4.69, 9.17) is 11.0 Å². The van der Waals surface area contributed by atoms with Crippen LogP contribution < -0.4 is 5.73 Å². The van der Waals surface area contributed by atoms with Gasteiger partial charge < -0.3 is 10.5 Å². The van der Waals surface area contributed by atoms with Crippen molar-refractivity contribution in [1.82, 2.24) is 0 Å². The average Bonchev–Trinajstić information content (AvgIpc) is 2.29. The summed E-state index contributed by atoms with van der Waals surface area (Å²) in [7, 11) is 1.25. The molecule has 0 amide bonds. The van der Waals surface area contributed by atoms with Crippen LogP contribution >= 0.6 is 11.8 Å². The average molecular weight is 232 g/mol. The maximum Gasteiger partial charge on any atom is 0.384 e. The highest BCUT2D eigenvalue weighted by Gasteiger charge is 1.99. The maximum atomic E-state index is 10.8. The number of nitrogens with two attached hydrogens (primary N) is 1. The molecular weight excluding hydrogens is 224 g/mol. The third-order valence-corrected chi connectivity index (χ3v) is 2.25. The van der Waals surface area contributed by atoms with Crippen LogP contribution in [0.4, 0.5) is 5.69 Å². The van der Waals surface area contributed by atoms with Gasteiger partial charge in [0, 0.05) is 22.1 Å². The zero-order valence-corrected chi connectivity index (χ0v) is 9.30. The number of nitrogens with zero attached hydrogens (tertiary/aromatic N) is 1. The molecule has 16 heavy (non-hydrogen) atoms. The van der Waals surface area contributed by atoms with E-state index in [1.165, 1.54) is 7.11 Å². The summed E-state index contributed by atoms with van der Waals surface area (Å²) in [6, 6.07) is 5.01. The molecular formula is C11H8N2O2S. The number of benzene rings is 1. The van der Waals surface area contributed by atoms with Crippen molar-refractivity contribution in [3.05, 3.63) is 23.8 Å². The van der Waals surface area contributed by atoms with Gasteiger partial charge in [-0.1, -0.05) is 5.92 Å². The topological polar surface area (TPSA) is 76.1 Å². The highest BCUT2D eigenvalue weighted by atomic mass is 32.2. The van der Waals surface area contributed by atoms with E-state index in [9.17, 15) is 4.79 Å². The molecule has 1 rings (SSSR count). The van der Waals surface area contributed by atoms with Gasteiger partial charge in [0.15, 0.2) is 0 Å². The Hall–Kier alpha value is -2.11. The lowest BCUT2D eigenvalue weighted by atomic mass is 10.2. The molecule has 0 atom stereocenters. The van der Waals surface area contributed by atoms with E-state index in [0.717, 1.165) is 16.7 Å². The Labute approximate surface area is 97.4 Å². The van der Waals surface area contributed by atoms with Crippen LogP contribution in [0.25, 0.3) is 0 Å². The first-order chi connectivity index (χ1) is 7.67. The third kappa shape index (κ3) is 3.23. The molecule has 1 aromatic carbocycles. The summed E-state index contributed by atoms with van der Waals surface area (Å²) in [4.78, 5) is 11.5. The van der Waals surface area contributed by atoms with Crippen molar-refractivity contribution in [2.45, 2.75) is 4.90 Å². The minimum absolute atomic E-state index is 0.457. The Balaban J connectivity index is 3.02. The smallest absolute Gasteiger partial charge is 0.384 e. The second-order valence-electron chi connectivity index (χ2n) is 2.68. The van der Waals surface area contributed by atoms with Gasteiger partial charge in [0.1, 0.15) is 5.40 Å². The number of anilines is 1. The van der Waals surface area contributed by atoms with Crippen molar-refractivity contribution in [1.29, 1.82) is 5.26 Å². The molecule has 1 aromatic rings. The fourth-order valence-electron chi connectivity index (χ4n) is 0.929. The molecule has 0 fully saturated rings. The molecule has 4 nitrogen and oxygen atoms in total. The predicted octanol–water partition coefficient (Wildman–Crippen LogP) is 1.37. The van der Waals surface area contributed by atoms with Crippen molar-refractivity contribution in [2.75, 3.05) is 12.8 Å². The molecule has 5 heteroatoms. The second-order valence-corrected chi connectivity index (χ2v) is 3.54. The number of nitrogen functional groups attached to an aromatic ring is 1. The van der Waals surface area contributed by atoms with Gasteiger partial charge in [-0.05, 0) is 30.0 Å². The van der Waals surface area contributed by atoms with Gasteiger partial charge in [0.2, 0.25) is 0 Å². The highest BCUT2D eigenvalue weighted by Crippen LogP contribution is 2.21. The van der Waals surface area contributed by atoms with E-state index in [-0.39, 0.29) is 0 Å². The Morgan fingerprint density at radius 1 is 1.56 bits per heavy atom. The van der Waals surface area contributed by atoms with Crippen molar-refractivity contribution in [3.8, 4) is 17.2 Å². The first kappa shape index (κ1) is 12.0. The van der Waals surface area contributed by atoms with E-state index in [2.05, 4.69) is 16.6 Å². The van der Waals surface area contributed by atoms with Crippen LogP contribution in [0.2, 0.25) is 0 Å². The van der Waals surface area contributed by atoms with E-state index in [1.54, 1.807) is 18.2 Å². The number of carbonyl (C=O) groups is 1. The van der Waals surface area contributed by atoms with Gasteiger partial charge in [0.25, 0.3) is 0 Å². The number of nitriles is 1. The maximum absolute atomic E-state index is 10.8. The minimum atomic E-state index is -0.627. The van der Waals surface area contributed by atoms with Gasteiger partial charge in [-0.2, -0.15) is 5.26 Å². The summed E-state index contributed by atoms with van der Waals surface area (Å²) >= 11 is 1.00. The normalized spacial score (nSPS) is 8.50. The number of thiocyanates is 1. The summed E-state index contributed by atoms with van der Waals surface area (Å²) in [5, 5.41) is 10.5. The number of hydrogen-bond donors (Lipinski definition) is 1. The van der Waals surface area contributed by atoms with Gasteiger partial charge in [-0.25, -0.2) is 4.79 Å². The van der Waals surface area contributed by atoms with E-state index >= 15 is 0 Å². The summed E-state index contributed by atoms with van der Waals surface area (Å²) < 4.78 is 4.38. The van der Waals surface area contributed by atoms with E-state index < -0.39 is 5.97 Å². The van der Waals surface area contributed by atoms with Crippen LogP contribution in [-0.4, -0.2) is 13.1 Å². The molecule has 0 unspecified atom stereocenters. The van der Waals surface area contributed by atoms with Gasteiger partial charge in [0.05, 0.1) is 7.11 Å². The fraction of sp³-hybridized carbons (Fsp3) is 0.0909. The number of thioether (sulfide) groups is 1. The van der Waals surface area contributed by atoms with Crippen molar-refractivity contribution in [3.63, 3.8) is 0 Å². The summed E-state index contributed by atoms with van der Waals surface area (Å²) in [5.41, 5.74) is 6.63. The monoisotopic (exact) mass is 232 g/mol. The fourth-order valence-corrected chi connectivity index (χ4v) is 1.35. The van der Waals surface area contributed by atoms with Gasteiger partial charge in [-0.3, -0.25) is 0 Å². The lowest BCUT2D eigenvalue weighted by molar-refractivity contribution is -0.133. The molecule has 0 spiro atoms. The molecule has 0 aromatic heterocycles. The number of carbonyl (C=O) groups excluding carboxylic acids is 1. The van der Waals surface area contributed by atoms with Crippen LogP contribution in [0.1, 0.15) is 5.56 Å². The molecule has 0 saturated carbocycles. The van der Waals surface area contributed by atoms with Crippen LogP contribution in [0.5, 0.6) is 0 Å². The number of methoxy groups -OCH3 is 1. The molecule has 0 bridgehead atoms. The highest BCUT2D eigenvalue weighted by molar-refractivity contribution is 8.03. The first-order valence-electron chi connectivity index (χ1n) is 4.23. The molecule has 0 aliphatic carbocycles. The van der Waals surface area contributed by atoms with Crippen LogP contribution in [0, 0.1) is 22.5 Å². The van der Waals surface area contributed by atoms with E-state index in [0.29, 0.717) is 11.3 Å². The molecule has 0 heterocycles. The zero-order chi connectivity index (χ0) is 12.0. The van der Waals surface area contributed by atoms with Gasteiger partial charge >= 0.3 is 5.97 Å². The lowest BCUT2D eigenvalue weighted by Gasteiger charge is -1.99. The zero-order valence-electron chi connectivity index (χ0n) is 8.48. The predicted molar refractivity (Wildman–Crippen MR) is 61.2 cm³/mol. The summed E-state index contributed by atoms with van der Waals surface area (Å²) in [5.74, 6) is 4.24. The number of ether oxygens (including phenoxy) is 1. The summed E-state index contributed by atoms with van der Waals surface area (Å²) in [6.45, 7) is 0. The van der Waals surface area contributed by atoms with Crippen LogP contribution in [0.15, 0.2) is 23.1 Å². The van der Waals surface area contributed by atoms with Crippen LogP contribution in [0.3, 0.4) is 0 Å². The lowest BCUT2D eigenvalue weighted by Crippen LogP contribution is -1.96. The second kappa shape index (κ2) is 5.69. The number of hydrogen-bond acceptors (Lipinski definition) is 5. The van der Waals surface area contributed by atoms with E-state index in [1.807, 2.05) is 5.40 Å². The van der Waals surface area contributed by atoms with Crippen LogP contribution in [-0.2, 0) is 9.53 Å². The molecule has 0 aliphatic rings. The molecule has 0 radical (unpaired) electrons. The largest absolute Gasteiger partial charge is 0.459 e. The summed E-state index contributed by atoms with van der Waals surface area (Å²) in [6.07, 6.45) is 0. The van der Waals surface area contributed by atoms with Crippen molar-refractivity contribution < 1.29 is 9.53 Å². The standard InChI is InChI=1S/C11H8N2O2S/c1-15-11(14)5-2-8-6-9(16-7-12)3-4-10(8)13/h3-4,6H,13H2,1H3. The van der Waals surface area contributed by atoms with Crippen molar-refractivity contribution in [2.24, 2.45) is 0 Å². The minimum Gasteiger partial charge on any atom is -0.459 e. The molecule has 0 aliphatic heterocycles. The Bertz CT molecular complexity index is 509. The first-order valence-corrected chi connectivity index (χ1v) is 5.04. The molecule has 80 valence electrons. The van der Waals surface area contributed by atoms with Gasteiger partial charge in [-0.15, -0.1) is 0 Å². The quantitative estimate of drug-likeness (QED) is 0.260. The van der Waals surface area contributed by atoms with Crippen molar-refractivity contribution >= 4 is 23.4 Å². The SMILES string of the molecule is COC(=O)C#Cc1cc(SC#N)ccc1N. The Kier molecular flexibility index (Phi) is 4.26. The number of rotatable bonds is 1. The molecule has 2 N–H and O–H groups in total. The number of esters is 1. The Morgan fingerprint density at radius 2 is 2.31 bits per heavy atom. The third-order valence-electron chi connectivity index (χ3n) is 1.67. The Morgan fingerprint density at radius 3 is 2.94 bits per heavy atom.